The van der Waals surface area contributed by atoms with E-state index in [2.05, 4.69) is 94.1 Å². The van der Waals surface area contributed by atoms with Crippen molar-refractivity contribution in [3.8, 4) is 0 Å². The van der Waals surface area contributed by atoms with Crippen LogP contribution in [0.1, 0.15) is 174 Å². The summed E-state index contributed by atoms with van der Waals surface area (Å²) in [6.07, 6.45) is 8.75. The highest BCUT2D eigenvalue weighted by Gasteiger charge is 2.52. The minimum Gasteiger partial charge on any atom is -0.457 e. The molecule has 4 aliphatic rings. The number of hydrogen-bond donors (Lipinski definition) is 0. The fourth-order valence-electron chi connectivity index (χ4n) is 12.7. The quantitative estimate of drug-likeness (QED) is 0.0156. The molecule has 3 aliphatic heterocycles. The highest BCUT2D eigenvalue weighted by molar-refractivity contribution is 6.74. The van der Waals surface area contributed by atoms with Crippen LogP contribution in [0.2, 0.25) is 54.4 Å². The minimum atomic E-state index is -5.32. The van der Waals surface area contributed by atoms with Crippen molar-refractivity contribution < 1.29 is 59.8 Å². The van der Waals surface area contributed by atoms with Crippen LogP contribution in [0.4, 0.5) is 18.0 Å². The van der Waals surface area contributed by atoms with Gasteiger partial charge in [-0.25, -0.2) is 9.59 Å². The Kier molecular flexibility index (Phi) is 26.9. The summed E-state index contributed by atoms with van der Waals surface area (Å²) in [5.74, 6) is -3.25. The Bertz CT molecular complexity index is 1920. The third-order valence-corrected chi connectivity index (χ3v) is 33.2. The first kappa shape index (κ1) is 68.2. The Balaban J connectivity index is 1.74. The maximum Gasteiger partial charge on any atom is 0.490 e. The van der Waals surface area contributed by atoms with E-state index in [4.69, 9.17) is 32.2 Å². The van der Waals surface area contributed by atoms with Crippen molar-refractivity contribution in [2.24, 2.45) is 11.8 Å². The first-order valence-electron chi connectivity index (χ1n) is 30.8. The molecule has 1 aliphatic carbocycles. The number of amides is 1. The predicted molar refractivity (Wildman–Crippen MR) is 314 cm³/mol. The Hall–Kier alpha value is -2.33. The molecule has 0 aromatic carbocycles. The lowest BCUT2D eigenvalue weighted by Gasteiger charge is -2.41. The van der Waals surface area contributed by atoms with E-state index in [0.29, 0.717) is 38.6 Å². The van der Waals surface area contributed by atoms with E-state index >= 15 is 0 Å². The van der Waals surface area contributed by atoms with Crippen LogP contribution in [0.3, 0.4) is 0 Å². The van der Waals surface area contributed by atoms with E-state index in [-0.39, 0.29) is 43.5 Å². The van der Waals surface area contributed by atoms with Crippen LogP contribution in [0, 0.1) is 11.8 Å². The number of esters is 2. The number of piperazine rings is 1. The Morgan fingerprint density at radius 2 is 1.38 bits per heavy atom. The van der Waals surface area contributed by atoms with Crippen molar-refractivity contribution >= 4 is 43.0 Å². The number of carbonyl (C=O) groups is 3. The number of carbonyl (C=O) groups excluding carboxylic acids is 3. The molecule has 78 heavy (non-hydrogen) atoms. The van der Waals surface area contributed by atoms with Crippen LogP contribution in [-0.2, 0) is 41.8 Å². The standard InChI is InChI=1S/C60H107F3N2O10Si3/c1-16-50(74-77(20-5,21-6)22-7)47(13)55-51(69-55)44-58(14,75-78(23-8,24-9)25-10)37-30-31-45(11)54-46(12)34-35-52(70-57(68)65-41-39-64(40-42-65)48-32-28-26-27-29-33-48)59(15,72-56(67)60(61,62)63)38-36-49(43-53(66)71-54)73-76(17-2,18-3)19-4/h30-31,34-35,37,46-52,54-55H,16-29,32-33,36,38-44H2,1-15H3/t46-,47+,49+,50-,51+,52-,54+,55+,58-,59+/m0/s1. The second kappa shape index (κ2) is 30.8. The number of nitrogens with zero attached hydrogens (tertiary/aromatic N) is 2. The van der Waals surface area contributed by atoms with Crippen LogP contribution >= 0.6 is 0 Å². The summed E-state index contributed by atoms with van der Waals surface area (Å²) in [7, 11) is -6.41. The molecule has 1 saturated carbocycles. The van der Waals surface area contributed by atoms with Gasteiger partial charge in [-0.1, -0.05) is 133 Å². The minimum absolute atomic E-state index is 0.00276. The molecule has 12 nitrogen and oxygen atoms in total. The van der Waals surface area contributed by atoms with Crippen LogP contribution in [0.5, 0.6) is 0 Å². The average Bonchev–Trinajstić information content (AvgIpc) is 4.31. The van der Waals surface area contributed by atoms with Gasteiger partial charge >= 0.3 is 24.2 Å². The zero-order chi connectivity index (χ0) is 58.1. The van der Waals surface area contributed by atoms with Crippen LogP contribution in [0.25, 0.3) is 0 Å². The second-order valence-electron chi connectivity index (χ2n) is 24.0. The van der Waals surface area contributed by atoms with Crippen molar-refractivity contribution in [2.75, 3.05) is 26.2 Å². The summed E-state index contributed by atoms with van der Waals surface area (Å²) in [5.41, 5.74) is -1.95. The largest absolute Gasteiger partial charge is 0.490 e. The molecule has 0 aromatic rings. The van der Waals surface area contributed by atoms with Gasteiger partial charge < -0.3 is 37.1 Å². The smallest absolute Gasteiger partial charge is 0.457 e. The number of allylic oxidation sites excluding steroid dienone is 2. The summed E-state index contributed by atoms with van der Waals surface area (Å²) < 4.78 is 88.8. The maximum absolute atomic E-state index is 14.3. The van der Waals surface area contributed by atoms with Crippen molar-refractivity contribution in [3.63, 3.8) is 0 Å². The third-order valence-electron chi connectivity index (χ3n) is 19.0. The summed E-state index contributed by atoms with van der Waals surface area (Å²) in [6, 6.07) is 8.95. The normalized spacial score (nSPS) is 27.7. The summed E-state index contributed by atoms with van der Waals surface area (Å²) in [5, 5.41) is 0. The van der Waals surface area contributed by atoms with Crippen LogP contribution in [-0.4, -0.2) is 139 Å². The predicted octanol–water partition coefficient (Wildman–Crippen LogP) is 15.3. The van der Waals surface area contributed by atoms with Crippen molar-refractivity contribution in [1.82, 2.24) is 9.80 Å². The molecule has 0 unspecified atom stereocenters. The molecule has 10 atom stereocenters. The van der Waals surface area contributed by atoms with Gasteiger partial charge in [-0.2, -0.15) is 13.2 Å². The third kappa shape index (κ3) is 18.8. The lowest BCUT2D eigenvalue weighted by Crippen LogP contribution is -2.54. The molecule has 0 aromatic heterocycles. The van der Waals surface area contributed by atoms with Gasteiger partial charge in [0.2, 0.25) is 0 Å². The molecule has 1 amide bonds. The van der Waals surface area contributed by atoms with E-state index in [1.807, 2.05) is 26.0 Å². The van der Waals surface area contributed by atoms with Gasteiger partial charge in [-0.3, -0.25) is 9.69 Å². The fraction of sp³-hybridized carbons (Fsp3) is 0.850. The molecular formula is C60H107F3N2O10Si3. The first-order valence-corrected chi connectivity index (χ1v) is 38.4. The number of cyclic esters (lactones) is 1. The SMILES string of the molecule is CC[C@H](O[Si](CC)(CC)CC)[C@@H](C)[C@H]1O[C@@H]1C[C@](C)(C=CC=C(C)[C@H]1OC(=O)C[C@H](O[Si](CC)(CC)CC)CC[C@@](C)(OC(=O)C(F)(F)F)[C@@H](OC(=O)N2CCN(C3CCCCCC3)CC2)C=C[C@@H]1C)O[Si](CC)(CC)CC. The van der Waals surface area contributed by atoms with Gasteiger partial charge in [-0.15, -0.1) is 0 Å². The topological polar surface area (TPSA) is 126 Å². The van der Waals surface area contributed by atoms with Gasteiger partial charge in [-0.05, 0) is 119 Å². The van der Waals surface area contributed by atoms with Gasteiger partial charge in [0.15, 0.2) is 36.7 Å². The number of halogens is 3. The van der Waals surface area contributed by atoms with E-state index in [1.54, 1.807) is 11.0 Å². The molecule has 450 valence electrons. The zero-order valence-corrected chi connectivity index (χ0v) is 54.2. The molecule has 0 spiro atoms. The van der Waals surface area contributed by atoms with Crippen LogP contribution < -0.4 is 0 Å². The number of rotatable bonds is 26. The van der Waals surface area contributed by atoms with Crippen molar-refractivity contribution in [1.29, 1.82) is 0 Å². The Labute approximate surface area is 473 Å². The molecule has 18 heteroatoms. The molecule has 0 bridgehead atoms. The van der Waals surface area contributed by atoms with E-state index in [1.165, 1.54) is 38.7 Å². The number of alkyl halides is 3. The highest BCUT2D eigenvalue weighted by atomic mass is 28.4. The molecule has 3 fully saturated rings. The van der Waals surface area contributed by atoms with Gasteiger partial charge in [0.05, 0.1) is 30.3 Å². The van der Waals surface area contributed by atoms with Crippen molar-refractivity contribution in [2.45, 2.75) is 289 Å². The van der Waals surface area contributed by atoms with E-state index < -0.39 is 84.6 Å². The Morgan fingerprint density at radius 1 is 0.821 bits per heavy atom. The van der Waals surface area contributed by atoms with Gasteiger partial charge in [0.25, 0.3) is 0 Å². The fourth-order valence-corrected chi connectivity index (χ4v) is 21.7. The average molecular weight is 1160 g/mol. The summed E-state index contributed by atoms with van der Waals surface area (Å²) in [4.78, 5) is 45.6. The molecule has 3 heterocycles. The Morgan fingerprint density at radius 3 is 1.91 bits per heavy atom. The van der Waals surface area contributed by atoms with E-state index in [0.717, 1.165) is 79.2 Å². The number of hydrogen-bond acceptors (Lipinski definition) is 11. The lowest BCUT2D eigenvalue weighted by atomic mass is 9.88. The lowest BCUT2D eigenvalue weighted by molar-refractivity contribution is -0.220. The molecule has 4 rings (SSSR count). The van der Waals surface area contributed by atoms with E-state index in [9.17, 15) is 27.6 Å². The molecular weight excluding hydrogens is 1050 g/mol. The maximum atomic E-state index is 14.3. The zero-order valence-electron chi connectivity index (χ0n) is 51.2. The highest BCUT2D eigenvalue weighted by Crippen LogP contribution is 2.43. The summed E-state index contributed by atoms with van der Waals surface area (Å²) >= 11 is 0. The second-order valence-corrected chi connectivity index (χ2v) is 38.1. The molecule has 0 radical (unpaired) electrons. The van der Waals surface area contributed by atoms with Crippen LogP contribution in [0.15, 0.2) is 36.0 Å². The molecule has 2 saturated heterocycles. The van der Waals surface area contributed by atoms with Gasteiger partial charge in [0, 0.05) is 56.6 Å². The van der Waals surface area contributed by atoms with Gasteiger partial charge in [0.1, 0.15) is 6.10 Å². The first-order chi connectivity index (χ1) is 36.8. The number of ether oxygens (including phenoxy) is 4. The monoisotopic (exact) mass is 1160 g/mol. The molecule has 0 N–H and O–H groups in total. The van der Waals surface area contributed by atoms with Crippen molar-refractivity contribution in [3.05, 3.63) is 36.0 Å². The summed E-state index contributed by atoms with van der Waals surface area (Å²) in [6.45, 7) is 33.6. The number of epoxide rings is 1.